The molecule has 1 heterocycles. The zero-order valence-corrected chi connectivity index (χ0v) is 9.98. The van der Waals surface area contributed by atoms with Gasteiger partial charge >= 0.3 is 0 Å². The molecule has 2 atom stereocenters. The van der Waals surface area contributed by atoms with Gasteiger partial charge in [0.2, 0.25) is 0 Å². The zero-order chi connectivity index (χ0) is 11.5. The standard InChI is InChI=1S/C14H18N2/c1-11-3-8-14(16(2)10-11)13-6-4-12(9-15)5-7-13/h4-7,11,14H,3,8,10H2,1-2H3/t11?,14-/m1/s1. The normalized spacial score (nSPS) is 26.3. The van der Waals surface area contributed by atoms with Crippen molar-refractivity contribution in [2.75, 3.05) is 13.6 Å². The Hall–Kier alpha value is -1.33. The van der Waals surface area contributed by atoms with Crippen LogP contribution in [0.15, 0.2) is 24.3 Å². The molecule has 0 aliphatic carbocycles. The number of nitrogens with zero attached hydrogens (tertiary/aromatic N) is 2. The van der Waals surface area contributed by atoms with E-state index in [1.54, 1.807) is 0 Å². The van der Waals surface area contributed by atoms with E-state index in [9.17, 15) is 0 Å². The molecule has 0 radical (unpaired) electrons. The summed E-state index contributed by atoms with van der Waals surface area (Å²) in [7, 11) is 2.19. The molecule has 2 rings (SSSR count). The second-order valence-electron chi connectivity index (χ2n) is 4.87. The van der Waals surface area contributed by atoms with Crippen molar-refractivity contribution < 1.29 is 0 Å². The van der Waals surface area contributed by atoms with Crippen LogP contribution in [0.25, 0.3) is 0 Å². The number of piperidine rings is 1. The van der Waals surface area contributed by atoms with Crippen LogP contribution in [0.2, 0.25) is 0 Å². The highest BCUT2D eigenvalue weighted by molar-refractivity contribution is 5.33. The van der Waals surface area contributed by atoms with Crippen LogP contribution in [-0.2, 0) is 0 Å². The van der Waals surface area contributed by atoms with Gasteiger partial charge in [-0.05, 0) is 43.5 Å². The maximum atomic E-state index is 8.77. The van der Waals surface area contributed by atoms with Crippen molar-refractivity contribution in [2.45, 2.75) is 25.8 Å². The van der Waals surface area contributed by atoms with Crippen LogP contribution in [0, 0.1) is 17.2 Å². The van der Waals surface area contributed by atoms with Gasteiger partial charge in [0.1, 0.15) is 0 Å². The van der Waals surface area contributed by atoms with Gasteiger partial charge in [-0.15, -0.1) is 0 Å². The maximum Gasteiger partial charge on any atom is 0.0991 e. The van der Waals surface area contributed by atoms with E-state index < -0.39 is 0 Å². The molecule has 1 fully saturated rings. The van der Waals surface area contributed by atoms with E-state index in [1.165, 1.54) is 24.9 Å². The second-order valence-corrected chi connectivity index (χ2v) is 4.87. The Morgan fingerprint density at radius 1 is 1.25 bits per heavy atom. The molecule has 1 aliphatic heterocycles. The van der Waals surface area contributed by atoms with Gasteiger partial charge in [-0.1, -0.05) is 19.1 Å². The van der Waals surface area contributed by atoms with Crippen LogP contribution in [0.1, 0.15) is 36.9 Å². The third-order valence-corrected chi connectivity index (χ3v) is 3.49. The van der Waals surface area contributed by atoms with Crippen LogP contribution in [-0.4, -0.2) is 18.5 Å². The molecule has 16 heavy (non-hydrogen) atoms. The molecule has 1 aromatic carbocycles. The smallest absolute Gasteiger partial charge is 0.0991 e. The predicted octanol–water partition coefficient (Wildman–Crippen LogP) is 2.96. The van der Waals surface area contributed by atoms with Crippen molar-refractivity contribution in [2.24, 2.45) is 5.92 Å². The van der Waals surface area contributed by atoms with Gasteiger partial charge in [-0.3, -0.25) is 4.90 Å². The molecule has 0 saturated carbocycles. The molecule has 0 amide bonds. The monoisotopic (exact) mass is 214 g/mol. The van der Waals surface area contributed by atoms with E-state index in [-0.39, 0.29) is 0 Å². The number of likely N-dealkylation sites (tertiary alicyclic amines) is 1. The highest BCUT2D eigenvalue weighted by Crippen LogP contribution is 2.31. The van der Waals surface area contributed by atoms with Crippen molar-refractivity contribution in [1.29, 1.82) is 5.26 Å². The maximum absolute atomic E-state index is 8.77. The SMILES string of the molecule is CC1CC[C@H](c2ccc(C#N)cc2)N(C)C1. The van der Waals surface area contributed by atoms with Gasteiger partial charge in [-0.2, -0.15) is 5.26 Å². The van der Waals surface area contributed by atoms with Gasteiger partial charge in [0.15, 0.2) is 0 Å². The average Bonchev–Trinajstić information content (AvgIpc) is 2.29. The summed E-state index contributed by atoms with van der Waals surface area (Å²) in [4.78, 5) is 2.43. The van der Waals surface area contributed by atoms with Crippen LogP contribution >= 0.6 is 0 Å². The first kappa shape index (κ1) is 11.2. The third-order valence-electron chi connectivity index (χ3n) is 3.49. The molecule has 1 saturated heterocycles. The molecule has 1 unspecified atom stereocenters. The van der Waals surface area contributed by atoms with Gasteiger partial charge in [0.05, 0.1) is 11.6 Å². The summed E-state index contributed by atoms with van der Waals surface area (Å²) in [5, 5.41) is 8.77. The van der Waals surface area contributed by atoms with E-state index >= 15 is 0 Å². The Kier molecular flexibility index (Phi) is 3.26. The van der Waals surface area contributed by atoms with Gasteiger partial charge < -0.3 is 0 Å². The minimum absolute atomic E-state index is 0.531. The van der Waals surface area contributed by atoms with Crippen molar-refractivity contribution in [3.8, 4) is 6.07 Å². The van der Waals surface area contributed by atoms with Crippen molar-refractivity contribution in [1.82, 2.24) is 4.90 Å². The van der Waals surface area contributed by atoms with Crippen molar-refractivity contribution >= 4 is 0 Å². The molecule has 0 spiro atoms. The Bertz CT molecular complexity index is 388. The molecule has 0 aromatic heterocycles. The minimum atomic E-state index is 0.531. The molecular weight excluding hydrogens is 196 g/mol. The number of hydrogen-bond donors (Lipinski definition) is 0. The molecule has 1 aliphatic rings. The lowest BCUT2D eigenvalue weighted by atomic mass is 9.90. The summed E-state index contributed by atoms with van der Waals surface area (Å²) in [6, 6.07) is 10.7. The van der Waals surface area contributed by atoms with Crippen LogP contribution in [0.5, 0.6) is 0 Å². The van der Waals surface area contributed by atoms with E-state index in [4.69, 9.17) is 5.26 Å². The summed E-state index contributed by atoms with van der Waals surface area (Å²) >= 11 is 0. The van der Waals surface area contributed by atoms with E-state index in [1.807, 2.05) is 12.1 Å². The first-order valence-corrected chi connectivity index (χ1v) is 5.91. The molecule has 0 N–H and O–H groups in total. The summed E-state index contributed by atoms with van der Waals surface area (Å²) in [5.74, 6) is 0.805. The predicted molar refractivity (Wildman–Crippen MR) is 64.9 cm³/mol. The first-order valence-electron chi connectivity index (χ1n) is 5.91. The fourth-order valence-electron chi connectivity index (χ4n) is 2.57. The van der Waals surface area contributed by atoms with Crippen LogP contribution in [0.3, 0.4) is 0 Å². The topological polar surface area (TPSA) is 27.0 Å². The fraction of sp³-hybridized carbons (Fsp3) is 0.500. The number of rotatable bonds is 1. The third kappa shape index (κ3) is 2.25. The minimum Gasteiger partial charge on any atom is -0.299 e. The van der Waals surface area contributed by atoms with E-state index in [0.717, 1.165) is 11.5 Å². The molecular formula is C14H18N2. The molecule has 1 aromatic rings. The second kappa shape index (κ2) is 4.67. The molecule has 2 heteroatoms. The Morgan fingerprint density at radius 3 is 2.50 bits per heavy atom. The lowest BCUT2D eigenvalue weighted by molar-refractivity contribution is 0.146. The van der Waals surface area contributed by atoms with E-state index in [2.05, 4.69) is 37.1 Å². The summed E-state index contributed by atoms with van der Waals surface area (Å²) < 4.78 is 0. The lowest BCUT2D eigenvalue weighted by Gasteiger charge is -2.36. The largest absolute Gasteiger partial charge is 0.299 e. The highest BCUT2D eigenvalue weighted by Gasteiger charge is 2.24. The van der Waals surface area contributed by atoms with Crippen molar-refractivity contribution in [3.63, 3.8) is 0 Å². The summed E-state index contributed by atoms with van der Waals surface area (Å²) in [6.45, 7) is 3.48. The van der Waals surface area contributed by atoms with Gasteiger partial charge in [0, 0.05) is 12.6 Å². The molecule has 2 nitrogen and oxygen atoms in total. The summed E-state index contributed by atoms with van der Waals surface area (Å²) in [6.07, 6.45) is 2.53. The number of hydrogen-bond acceptors (Lipinski definition) is 2. The van der Waals surface area contributed by atoms with Crippen LogP contribution in [0.4, 0.5) is 0 Å². The zero-order valence-electron chi connectivity index (χ0n) is 9.98. The number of benzene rings is 1. The summed E-state index contributed by atoms with van der Waals surface area (Å²) in [5.41, 5.74) is 2.09. The Balaban J connectivity index is 2.14. The van der Waals surface area contributed by atoms with Gasteiger partial charge in [-0.25, -0.2) is 0 Å². The highest BCUT2D eigenvalue weighted by atomic mass is 15.1. The Labute approximate surface area is 97.5 Å². The molecule has 0 bridgehead atoms. The first-order chi connectivity index (χ1) is 7.70. The van der Waals surface area contributed by atoms with E-state index in [0.29, 0.717) is 6.04 Å². The van der Waals surface area contributed by atoms with Crippen molar-refractivity contribution in [3.05, 3.63) is 35.4 Å². The number of nitriles is 1. The quantitative estimate of drug-likeness (QED) is 0.718. The average molecular weight is 214 g/mol. The molecule has 84 valence electrons. The lowest BCUT2D eigenvalue weighted by Crippen LogP contribution is -2.33. The fourth-order valence-corrected chi connectivity index (χ4v) is 2.57. The Morgan fingerprint density at radius 2 is 1.94 bits per heavy atom. The van der Waals surface area contributed by atoms with Crippen LogP contribution < -0.4 is 0 Å². The van der Waals surface area contributed by atoms with Gasteiger partial charge in [0.25, 0.3) is 0 Å².